The summed E-state index contributed by atoms with van der Waals surface area (Å²) in [6.07, 6.45) is 0.918. The van der Waals surface area contributed by atoms with E-state index in [9.17, 15) is 0 Å². The smallest absolute Gasteiger partial charge is 0.201 e. The van der Waals surface area contributed by atoms with E-state index in [0.717, 1.165) is 40.5 Å². The maximum absolute atomic E-state index is 5.71. The van der Waals surface area contributed by atoms with E-state index in [1.54, 1.807) is 0 Å². The molecule has 112 valence electrons. The first kappa shape index (κ1) is 13.0. The van der Waals surface area contributed by atoms with Gasteiger partial charge in [-0.25, -0.2) is 4.98 Å². The zero-order valence-electron chi connectivity index (χ0n) is 12.1. The molecule has 0 unspecified atom stereocenters. The molecule has 0 amide bonds. The molecule has 3 aromatic rings. The van der Waals surface area contributed by atoms with E-state index in [1.165, 1.54) is 0 Å². The van der Waals surface area contributed by atoms with Gasteiger partial charge in [-0.05, 0) is 29.8 Å². The summed E-state index contributed by atoms with van der Waals surface area (Å²) >= 11 is 0. The summed E-state index contributed by atoms with van der Waals surface area (Å²) in [5, 5.41) is 3.31. The number of anilines is 1. The maximum atomic E-state index is 5.71. The normalized spacial score (nSPS) is 13.8. The molecule has 5 heteroatoms. The lowest BCUT2D eigenvalue weighted by Crippen LogP contribution is -2.01. The van der Waals surface area contributed by atoms with Crippen LogP contribution in [-0.2, 0) is 6.54 Å². The lowest BCUT2D eigenvalue weighted by atomic mass is 10.2. The molecular weight excluding hydrogens is 278 g/mol. The fourth-order valence-corrected chi connectivity index (χ4v) is 2.54. The predicted molar refractivity (Wildman–Crippen MR) is 85.5 cm³/mol. The number of nitrogens with zero attached hydrogens (tertiary/aromatic N) is 1. The topological polar surface area (TPSA) is 59.2 Å². The van der Waals surface area contributed by atoms with Gasteiger partial charge in [-0.1, -0.05) is 18.2 Å². The number of fused-ring (bicyclic) bond motifs is 2. The number of H-pyrrole nitrogens is 1. The van der Waals surface area contributed by atoms with Gasteiger partial charge in [0.2, 0.25) is 5.95 Å². The third-order valence-corrected chi connectivity index (χ3v) is 3.66. The van der Waals surface area contributed by atoms with E-state index in [1.807, 2.05) is 42.5 Å². The lowest BCUT2D eigenvalue weighted by Gasteiger charge is -2.09. The van der Waals surface area contributed by atoms with E-state index in [2.05, 4.69) is 15.3 Å². The van der Waals surface area contributed by atoms with Gasteiger partial charge in [-0.2, -0.15) is 0 Å². The number of benzene rings is 2. The fraction of sp³-hybridized carbons (Fsp3) is 0.235. The molecule has 2 N–H and O–H groups in total. The van der Waals surface area contributed by atoms with Crippen LogP contribution in [0.5, 0.6) is 11.5 Å². The van der Waals surface area contributed by atoms with Crippen molar-refractivity contribution in [1.82, 2.24) is 9.97 Å². The summed E-state index contributed by atoms with van der Waals surface area (Å²) in [7, 11) is 0. The van der Waals surface area contributed by atoms with Crippen LogP contribution in [0.3, 0.4) is 0 Å². The number of hydrogen-bond acceptors (Lipinski definition) is 4. The van der Waals surface area contributed by atoms with Crippen molar-refractivity contribution in [2.45, 2.75) is 13.0 Å². The van der Waals surface area contributed by atoms with Gasteiger partial charge in [-0.3, -0.25) is 0 Å². The Morgan fingerprint density at radius 2 is 1.91 bits per heavy atom. The number of para-hydroxylation sites is 2. The molecule has 1 aliphatic heterocycles. The highest BCUT2D eigenvalue weighted by Gasteiger charge is 2.10. The van der Waals surface area contributed by atoms with E-state index in [-0.39, 0.29) is 0 Å². The van der Waals surface area contributed by atoms with Gasteiger partial charge in [-0.15, -0.1) is 0 Å². The summed E-state index contributed by atoms with van der Waals surface area (Å²) in [4.78, 5) is 7.77. The van der Waals surface area contributed by atoms with Crippen LogP contribution in [0.4, 0.5) is 5.95 Å². The Morgan fingerprint density at radius 3 is 2.82 bits per heavy atom. The summed E-state index contributed by atoms with van der Waals surface area (Å²) in [5.74, 6) is 2.42. The van der Waals surface area contributed by atoms with Crippen LogP contribution >= 0.6 is 0 Å². The first-order valence-corrected chi connectivity index (χ1v) is 7.46. The highest BCUT2D eigenvalue weighted by atomic mass is 16.5. The zero-order valence-corrected chi connectivity index (χ0v) is 12.1. The average Bonchev–Trinajstić information content (AvgIpc) is 2.82. The first-order chi connectivity index (χ1) is 10.9. The van der Waals surface area contributed by atoms with Crippen molar-refractivity contribution in [2.75, 3.05) is 18.5 Å². The van der Waals surface area contributed by atoms with Gasteiger partial charge >= 0.3 is 0 Å². The van der Waals surface area contributed by atoms with Crippen LogP contribution in [0.25, 0.3) is 11.0 Å². The van der Waals surface area contributed by atoms with Gasteiger partial charge in [0.15, 0.2) is 11.5 Å². The number of rotatable bonds is 3. The monoisotopic (exact) mass is 295 g/mol. The van der Waals surface area contributed by atoms with Crippen LogP contribution in [0.15, 0.2) is 42.5 Å². The van der Waals surface area contributed by atoms with E-state index in [4.69, 9.17) is 9.47 Å². The number of nitrogens with one attached hydrogen (secondary N) is 2. The number of ether oxygens (including phenoxy) is 2. The van der Waals surface area contributed by atoms with Crippen molar-refractivity contribution in [3.63, 3.8) is 0 Å². The standard InChI is InChI=1S/C17H17N3O2/c1-2-5-14-13(4-1)19-17(20-14)18-11-12-6-7-15-16(10-12)22-9-3-8-21-15/h1-2,4-7,10H,3,8-9,11H2,(H2,18,19,20). The molecule has 0 radical (unpaired) electrons. The molecule has 2 aromatic carbocycles. The van der Waals surface area contributed by atoms with Crippen molar-refractivity contribution >= 4 is 17.0 Å². The molecule has 0 bridgehead atoms. The Balaban J connectivity index is 1.50. The van der Waals surface area contributed by atoms with Crippen LogP contribution in [0, 0.1) is 0 Å². The number of imidazole rings is 1. The van der Waals surface area contributed by atoms with Crippen LogP contribution in [0.2, 0.25) is 0 Å². The molecule has 0 atom stereocenters. The van der Waals surface area contributed by atoms with Crippen molar-refractivity contribution in [3.05, 3.63) is 48.0 Å². The van der Waals surface area contributed by atoms with Gasteiger partial charge < -0.3 is 19.8 Å². The summed E-state index contributed by atoms with van der Waals surface area (Å²) in [6.45, 7) is 2.09. The Labute approximate surface area is 128 Å². The molecule has 0 saturated carbocycles. The third-order valence-electron chi connectivity index (χ3n) is 3.66. The largest absolute Gasteiger partial charge is 0.490 e. The lowest BCUT2D eigenvalue weighted by molar-refractivity contribution is 0.297. The molecule has 5 nitrogen and oxygen atoms in total. The molecule has 0 saturated heterocycles. The first-order valence-electron chi connectivity index (χ1n) is 7.46. The molecule has 4 rings (SSSR count). The molecule has 0 fully saturated rings. The fourth-order valence-electron chi connectivity index (χ4n) is 2.54. The molecule has 1 aromatic heterocycles. The minimum atomic E-state index is 0.677. The Bertz CT molecular complexity index is 764. The van der Waals surface area contributed by atoms with Gasteiger partial charge in [0, 0.05) is 13.0 Å². The van der Waals surface area contributed by atoms with E-state index >= 15 is 0 Å². The second-order valence-corrected chi connectivity index (χ2v) is 5.29. The molecule has 0 spiro atoms. The minimum absolute atomic E-state index is 0.677. The van der Waals surface area contributed by atoms with E-state index < -0.39 is 0 Å². The maximum Gasteiger partial charge on any atom is 0.201 e. The van der Waals surface area contributed by atoms with Gasteiger partial charge in [0.25, 0.3) is 0 Å². The number of hydrogen-bond donors (Lipinski definition) is 2. The number of aromatic nitrogens is 2. The minimum Gasteiger partial charge on any atom is -0.490 e. The van der Waals surface area contributed by atoms with Gasteiger partial charge in [0.05, 0.1) is 24.2 Å². The molecule has 0 aliphatic carbocycles. The van der Waals surface area contributed by atoms with E-state index in [0.29, 0.717) is 19.8 Å². The highest BCUT2D eigenvalue weighted by molar-refractivity contribution is 5.77. The van der Waals surface area contributed by atoms with Crippen molar-refractivity contribution in [2.24, 2.45) is 0 Å². The van der Waals surface area contributed by atoms with Crippen molar-refractivity contribution < 1.29 is 9.47 Å². The van der Waals surface area contributed by atoms with Crippen LogP contribution in [0.1, 0.15) is 12.0 Å². The number of aromatic amines is 1. The van der Waals surface area contributed by atoms with Crippen LogP contribution < -0.4 is 14.8 Å². The summed E-state index contributed by atoms with van der Waals surface area (Å²) in [6, 6.07) is 14.0. The molecule has 22 heavy (non-hydrogen) atoms. The Kier molecular flexibility index (Phi) is 3.31. The Morgan fingerprint density at radius 1 is 1.05 bits per heavy atom. The second-order valence-electron chi connectivity index (χ2n) is 5.29. The zero-order chi connectivity index (χ0) is 14.8. The van der Waals surface area contributed by atoms with Gasteiger partial charge in [0.1, 0.15) is 0 Å². The predicted octanol–water partition coefficient (Wildman–Crippen LogP) is 3.34. The van der Waals surface area contributed by atoms with Crippen LogP contribution in [-0.4, -0.2) is 23.2 Å². The second kappa shape index (κ2) is 5.60. The van der Waals surface area contributed by atoms with Crippen molar-refractivity contribution in [3.8, 4) is 11.5 Å². The average molecular weight is 295 g/mol. The molecule has 1 aliphatic rings. The van der Waals surface area contributed by atoms with Crippen molar-refractivity contribution in [1.29, 1.82) is 0 Å². The third kappa shape index (κ3) is 2.57. The SMILES string of the molecule is c1ccc2[nH]c(NCc3ccc4c(c3)OCCCO4)nc2c1. The quantitative estimate of drug-likeness (QED) is 0.778. The summed E-state index contributed by atoms with van der Waals surface area (Å²) in [5.41, 5.74) is 3.12. The molecule has 2 heterocycles. The summed E-state index contributed by atoms with van der Waals surface area (Å²) < 4.78 is 11.4. The highest BCUT2D eigenvalue weighted by Crippen LogP contribution is 2.30. The Hall–Kier alpha value is -2.69. The molecular formula is C17H17N3O2.